The zero-order valence-corrected chi connectivity index (χ0v) is 7.56. The number of aromatic nitrogens is 2. The number of hydrogen-bond acceptors (Lipinski definition) is 2. The second-order valence-electron chi connectivity index (χ2n) is 3.78. The Morgan fingerprint density at radius 3 is 3.08 bits per heavy atom. The summed E-state index contributed by atoms with van der Waals surface area (Å²) in [6.07, 6.45) is 9.97. The van der Waals surface area contributed by atoms with Crippen molar-refractivity contribution >= 4 is 6.20 Å². The number of nitrogens with zero attached hydrogens (tertiary/aromatic N) is 3. The van der Waals surface area contributed by atoms with Crippen LogP contribution in [0.1, 0.15) is 18.5 Å². The monoisotopic (exact) mass is 175 g/mol. The van der Waals surface area contributed by atoms with Crippen molar-refractivity contribution in [3.05, 3.63) is 24.2 Å². The van der Waals surface area contributed by atoms with Gasteiger partial charge in [-0.3, -0.25) is 0 Å². The predicted molar refractivity (Wildman–Crippen MR) is 51.0 cm³/mol. The summed E-state index contributed by atoms with van der Waals surface area (Å²) >= 11 is 0. The minimum atomic E-state index is 0.820. The molecule has 0 amide bonds. The molecule has 0 bridgehead atoms. The molecule has 1 fully saturated rings. The topological polar surface area (TPSA) is 21.1 Å². The molecule has 0 saturated heterocycles. The first-order valence-electron chi connectivity index (χ1n) is 4.90. The molecule has 1 aromatic rings. The minimum Gasteiger partial charge on any atom is -0.373 e. The van der Waals surface area contributed by atoms with Crippen molar-refractivity contribution in [2.75, 3.05) is 6.54 Å². The van der Waals surface area contributed by atoms with Crippen LogP contribution in [0.2, 0.25) is 0 Å². The maximum absolute atomic E-state index is 4.23. The quantitative estimate of drug-likeness (QED) is 0.642. The van der Waals surface area contributed by atoms with Gasteiger partial charge in [-0.2, -0.15) is 5.10 Å². The number of rotatable bonds is 1. The summed E-state index contributed by atoms with van der Waals surface area (Å²) in [6.45, 7) is 1.15. The lowest BCUT2D eigenvalue weighted by Crippen LogP contribution is -2.21. The van der Waals surface area contributed by atoms with Crippen molar-refractivity contribution in [2.24, 2.45) is 0 Å². The van der Waals surface area contributed by atoms with E-state index < -0.39 is 0 Å². The lowest BCUT2D eigenvalue weighted by molar-refractivity contribution is 0.374. The highest BCUT2D eigenvalue weighted by Gasteiger charge is 2.27. The van der Waals surface area contributed by atoms with Crippen LogP contribution in [0, 0.1) is 0 Å². The molecule has 0 N–H and O–H groups in total. The van der Waals surface area contributed by atoms with E-state index in [0.29, 0.717) is 0 Å². The van der Waals surface area contributed by atoms with Crippen molar-refractivity contribution < 1.29 is 0 Å². The molecule has 3 heteroatoms. The van der Waals surface area contributed by atoms with Crippen LogP contribution >= 0.6 is 0 Å². The van der Waals surface area contributed by atoms with Crippen LogP contribution in [0.25, 0.3) is 6.20 Å². The molecule has 1 aromatic heterocycles. The van der Waals surface area contributed by atoms with Gasteiger partial charge in [0.05, 0.1) is 0 Å². The summed E-state index contributed by atoms with van der Waals surface area (Å²) in [5.41, 5.74) is 1.32. The molecule has 0 unspecified atom stereocenters. The largest absolute Gasteiger partial charge is 0.373 e. The lowest BCUT2D eigenvalue weighted by atomic mass is 10.3. The average molecular weight is 175 g/mol. The molecule has 2 aliphatic rings. The van der Waals surface area contributed by atoms with Gasteiger partial charge in [0.2, 0.25) is 0 Å². The van der Waals surface area contributed by atoms with E-state index in [0.717, 1.165) is 19.0 Å². The second-order valence-corrected chi connectivity index (χ2v) is 3.78. The first-order valence-corrected chi connectivity index (χ1v) is 4.90. The van der Waals surface area contributed by atoms with E-state index in [9.17, 15) is 0 Å². The first-order chi connectivity index (χ1) is 6.43. The van der Waals surface area contributed by atoms with E-state index in [1.165, 1.54) is 18.5 Å². The molecule has 0 atom stereocenters. The Bertz CT molecular complexity index is 336. The fourth-order valence-electron chi connectivity index (χ4n) is 1.85. The van der Waals surface area contributed by atoms with E-state index in [1.807, 2.05) is 10.9 Å². The summed E-state index contributed by atoms with van der Waals surface area (Å²) in [4.78, 5) is 2.44. The third-order valence-electron chi connectivity index (χ3n) is 2.79. The Labute approximate surface area is 77.7 Å². The predicted octanol–water partition coefficient (Wildman–Crippen LogP) is 1.33. The Morgan fingerprint density at radius 1 is 1.31 bits per heavy atom. The fraction of sp³-hybridized carbons (Fsp3) is 0.500. The van der Waals surface area contributed by atoms with Crippen molar-refractivity contribution in [1.82, 2.24) is 14.7 Å². The molecule has 1 aliphatic carbocycles. The molecule has 68 valence electrons. The third kappa shape index (κ3) is 1.24. The molecule has 2 heterocycles. The van der Waals surface area contributed by atoms with Gasteiger partial charge in [0, 0.05) is 43.3 Å². The van der Waals surface area contributed by atoms with Gasteiger partial charge in [0.25, 0.3) is 0 Å². The SMILES string of the molecule is C1=Cn2nccc2CCN1C1CC1. The molecular weight excluding hydrogens is 162 g/mol. The fourth-order valence-corrected chi connectivity index (χ4v) is 1.85. The average Bonchev–Trinajstić information content (AvgIpc) is 2.90. The lowest BCUT2D eigenvalue weighted by Gasteiger charge is -2.16. The summed E-state index contributed by atoms with van der Waals surface area (Å²) < 4.78 is 1.97. The summed E-state index contributed by atoms with van der Waals surface area (Å²) in [5.74, 6) is 0. The van der Waals surface area contributed by atoms with E-state index >= 15 is 0 Å². The summed E-state index contributed by atoms with van der Waals surface area (Å²) in [7, 11) is 0. The molecule has 1 aliphatic heterocycles. The van der Waals surface area contributed by atoms with Gasteiger partial charge >= 0.3 is 0 Å². The maximum atomic E-state index is 4.23. The van der Waals surface area contributed by atoms with E-state index in [2.05, 4.69) is 28.5 Å². The van der Waals surface area contributed by atoms with Gasteiger partial charge in [-0.05, 0) is 18.9 Å². The van der Waals surface area contributed by atoms with E-state index in [-0.39, 0.29) is 0 Å². The summed E-state index contributed by atoms with van der Waals surface area (Å²) in [5, 5.41) is 4.23. The van der Waals surface area contributed by atoms with Crippen LogP contribution in [0.5, 0.6) is 0 Å². The van der Waals surface area contributed by atoms with Crippen molar-refractivity contribution in [2.45, 2.75) is 25.3 Å². The second kappa shape index (κ2) is 2.62. The molecule has 0 radical (unpaired) electrons. The standard InChI is InChI=1S/C10H13N3/c1-2-9(1)12-6-4-10-3-5-11-13(10)8-7-12/h3,5,7-9H,1-2,4,6H2. The highest BCUT2D eigenvalue weighted by Crippen LogP contribution is 2.28. The Kier molecular flexibility index (Phi) is 1.45. The zero-order chi connectivity index (χ0) is 8.67. The summed E-state index contributed by atoms with van der Waals surface area (Å²) in [6, 6.07) is 2.92. The van der Waals surface area contributed by atoms with Crippen LogP contribution in [-0.4, -0.2) is 27.3 Å². The third-order valence-corrected chi connectivity index (χ3v) is 2.79. The van der Waals surface area contributed by atoms with Crippen LogP contribution in [-0.2, 0) is 6.42 Å². The van der Waals surface area contributed by atoms with Crippen molar-refractivity contribution in [1.29, 1.82) is 0 Å². The first kappa shape index (κ1) is 7.18. The van der Waals surface area contributed by atoms with Gasteiger partial charge in [-0.1, -0.05) is 0 Å². The van der Waals surface area contributed by atoms with Gasteiger partial charge in [0.1, 0.15) is 0 Å². The van der Waals surface area contributed by atoms with Crippen molar-refractivity contribution in [3.8, 4) is 0 Å². The van der Waals surface area contributed by atoms with Gasteiger partial charge < -0.3 is 4.90 Å². The smallest absolute Gasteiger partial charge is 0.0496 e. The van der Waals surface area contributed by atoms with Crippen LogP contribution in [0.15, 0.2) is 18.5 Å². The highest BCUT2D eigenvalue weighted by molar-refractivity contribution is 5.26. The molecule has 3 nitrogen and oxygen atoms in total. The molecular formula is C10H13N3. The van der Waals surface area contributed by atoms with E-state index in [4.69, 9.17) is 0 Å². The molecule has 1 saturated carbocycles. The van der Waals surface area contributed by atoms with Gasteiger partial charge in [0.15, 0.2) is 0 Å². The Balaban J connectivity index is 1.86. The number of fused-ring (bicyclic) bond motifs is 1. The molecule has 0 aromatic carbocycles. The zero-order valence-electron chi connectivity index (χ0n) is 7.56. The van der Waals surface area contributed by atoms with Crippen LogP contribution < -0.4 is 0 Å². The molecule has 3 rings (SSSR count). The van der Waals surface area contributed by atoms with Crippen LogP contribution in [0.3, 0.4) is 0 Å². The van der Waals surface area contributed by atoms with Gasteiger partial charge in [-0.25, -0.2) is 4.68 Å². The van der Waals surface area contributed by atoms with Gasteiger partial charge in [-0.15, -0.1) is 0 Å². The minimum absolute atomic E-state index is 0.820. The molecule has 13 heavy (non-hydrogen) atoms. The maximum Gasteiger partial charge on any atom is 0.0496 e. The highest BCUT2D eigenvalue weighted by atomic mass is 15.3. The normalized spacial score (nSPS) is 21.4. The molecule has 0 spiro atoms. The van der Waals surface area contributed by atoms with E-state index in [1.54, 1.807) is 0 Å². The van der Waals surface area contributed by atoms with Crippen LogP contribution in [0.4, 0.5) is 0 Å². The number of hydrogen-bond donors (Lipinski definition) is 0. The Morgan fingerprint density at radius 2 is 2.23 bits per heavy atom. The Hall–Kier alpha value is -1.25. The van der Waals surface area contributed by atoms with Crippen molar-refractivity contribution in [3.63, 3.8) is 0 Å².